The van der Waals surface area contributed by atoms with Crippen LogP contribution in [-0.4, -0.2) is 4.57 Å². The summed E-state index contributed by atoms with van der Waals surface area (Å²) in [7, 11) is 0. The van der Waals surface area contributed by atoms with Crippen molar-refractivity contribution in [3.05, 3.63) is 34.2 Å². The fourth-order valence-corrected chi connectivity index (χ4v) is 0.991. The van der Waals surface area contributed by atoms with E-state index in [-0.39, 0.29) is 18.0 Å². The molecule has 0 aromatic carbocycles. The summed E-state index contributed by atoms with van der Waals surface area (Å²) in [4.78, 5) is 11.3. The molecule has 1 aromatic heterocycles. The topological polar surface area (TPSA) is 48.0 Å². The molecule has 1 heterocycles. The van der Waals surface area contributed by atoms with Gasteiger partial charge >= 0.3 is 0 Å². The molecular formula is C8H13ClN2O. The number of aryl methyl sites for hydroxylation is 1. The minimum Gasteiger partial charge on any atom is -0.326 e. The molecule has 0 saturated carbocycles. The summed E-state index contributed by atoms with van der Waals surface area (Å²) in [6, 6.07) is 3.60. The highest BCUT2D eigenvalue weighted by Gasteiger charge is 1.97. The maximum Gasteiger partial charge on any atom is 0.255 e. The molecule has 0 saturated heterocycles. The second kappa shape index (κ2) is 4.95. The van der Waals surface area contributed by atoms with Crippen molar-refractivity contribution >= 4 is 12.4 Å². The fourth-order valence-electron chi connectivity index (χ4n) is 0.991. The molecule has 2 N–H and O–H groups in total. The van der Waals surface area contributed by atoms with E-state index in [4.69, 9.17) is 5.73 Å². The van der Waals surface area contributed by atoms with Gasteiger partial charge in [-0.15, -0.1) is 12.4 Å². The van der Waals surface area contributed by atoms with E-state index in [1.54, 1.807) is 16.8 Å². The van der Waals surface area contributed by atoms with Gasteiger partial charge in [-0.25, -0.2) is 0 Å². The van der Waals surface area contributed by atoms with Gasteiger partial charge in [-0.05, 0) is 13.0 Å². The van der Waals surface area contributed by atoms with E-state index in [9.17, 15) is 4.79 Å². The van der Waals surface area contributed by atoms with Crippen LogP contribution >= 0.6 is 12.4 Å². The number of hydrogen-bond acceptors (Lipinski definition) is 2. The van der Waals surface area contributed by atoms with Crippen molar-refractivity contribution in [3.63, 3.8) is 0 Å². The van der Waals surface area contributed by atoms with Crippen LogP contribution in [0.2, 0.25) is 0 Å². The highest BCUT2D eigenvalue weighted by Crippen LogP contribution is 1.89. The number of hydrogen-bond donors (Lipinski definition) is 1. The Bertz CT molecular complexity index is 270. The van der Waals surface area contributed by atoms with Crippen LogP contribution in [0.25, 0.3) is 0 Å². The minimum absolute atomic E-state index is 0. The third-order valence-electron chi connectivity index (χ3n) is 1.66. The lowest BCUT2D eigenvalue weighted by molar-refractivity contribution is 0.714. The normalized spacial score (nSPS) is 9.17. The van der Waals surface area contributed by atoms with Crippen LogP contribution in [0.3, 0.4) is 0 Å². The summed E-state index contributed by atoms with van der Waals surface area (Å²) in [5.41, 5.74) is 6.06. The molecule has 0 fully saturated rings. The molecule has 0 amide bonds. The van der Waals surface area contributed by atoms with E-state index in [1.807, 2.05) is 13.0 Å². The Morgan fingerprint density at radius 1 is 1.58 bits per heavy atom. The van der Waals surface area contributed by atoms with E-state index in [0.29, 0.717) is 18.7 Å². The van der Waals surface area contributed by atoms with Gasteiger partial charge in [-0.1, -0.05) is 6.07 Å². The Hall–Kier alpha value is -0.800. The lowest BCUT2D eigenvalue weighted by Crippen LogP contribution is -2.23. The molecule has 0 aliphatic carbocycles. The number of nitrogens with two attached hydrogens (primary N) is 1. The summed E-state index contributed by atoms with van der Waals surface area (Å²) < 4.78 is 1.64. The predicted molar refractivity (Wildman–Crippen MR) is 51.5 cm³/mol. The molecule has 0 atom stereocenters. The Labute approximate surface area is 77.6 Å². The van der Waals surface area contributed by atoms with Gasteiger partial charge in [0.15, 0.2) is 0 Å². The summed E-state index contributed by atoms with van der Waals surface area (Å²) in [5, 5.41) is 0. The molecule has 4 heteroatoms. The van der Waals surface area contributed by atoms with Crippen molar-refractivity contribution in [2.24, 2.45) is 5.73 Å². The zero-order valence-electron chi connectivity index (χ0n) is 6.99. The lowest BCUT2D eigenvalue weighted by Gasteiger charge is -2.02. The van der Waals surface area contributed by atoms with Gasteiger partial charge in [0.1, 0.15) is 0 Å². The van der Waals surface area contributed by atoms with Crippen molar-refractivity contribution in [1.82, 2.24) is 4.57 Å². The maximum atomic E-state index is 11.3. The van der Waals surface area contributed by atoms with Crippen LogP contribution < -0.4 is 11.3 Å². The fraction of sp³-hybridized carbons (Fsp3) is 0.375. The van der Waals surface area contributed by atoms with Gasteiger partial charge in [-0.3, -0.25) is 4.79 Å². The Morgan fingerprint density at radius 3 is 2.75 bits per heavy atom. The number of nitrogens with zero attached hydrogens (tertiary/aromatic N) is 1. The lowest BCUT2D eigenvalue weighted by atomic mass is 10.3. The third-order valence-corrected chi connectivity index (χ3v) is 1.66. The second-order valence-electron chi connectivity index (χ2n) is 2.33. The van der Waals surface area contributed by atoms with Crippen LogP contribution in [0.5, 0.6) is 0 Å². The largest absolute Gasteiger partial charge is 0.326 e. The number of pyridine rings is 1. The van der Waals surface area contributed by atoms with Crippen LogP contribution in [0.15, 0.2) is 23.1 Å². The van der Waals surface area contributed by atoms with Crippen LogP contribution in [0, 0.1) is 0 Å². The summed E-state index contributed by atoms with van der Waals surface area (Å²) >= 11 is 0. The van der Waals surface area contributed by atoms with Gasteiger partial charge in [0, 0.05) is 24.8 Å². The van der Waals surface area contributed by atoms with Gasteiger partial charge in [0.05, 0.1) is 0 Å². The van der Waals surface area contributed by atoms with Gasteiger partial charge in [0.2, 0.25) is 0 Å². The molecule has 68 valence electrons. The first-order chi connectivity index (χ1) is 5.29. The number of halogens is 1. The summed E-state index contributed by atoms with van der Waals surface area (Å²) in [6.07, 6.45) is 1.77. The van der Waals surface area contributed by atoms with Crippen molar-refractivity contribution in [2.45, 2.75) is 20.0 Å². The Kier molecular flexibility index (Phi) is 4.62. The van der Waals surface area contributed by atoms with Gasteiger partial charge in [-0.2, -0.15) is 0 Å². The average Bonchev–Trinajstić information content (AvgIpc) is 2.05. The van der Waals surface area contributed by atoms with Crippen LogP contribution in [0.1, 0.15) is 12.5 Å². The minimum atomic E-state index is 0. The van der Waals surface area contributed by atoms with Crippen LogP contribution in [0.4, 0.5) is 0 Å². The van der Waals surface area contributed by atoms with Crippen molar-refractivity contribution in [2.75, 3.05) is 0 Å². The Morgan fingerprint density at radius 2 is 2.25 bits per heavy atom. The molecule has 0 aliphatic rings. The van der Waals surface area contributed by atoms with E-state index in [2.05, 4.69) is 0 Å². The first-order valence-corrected chi connectivity index (χ1v) is 3.68. The highest BCUT2D eigenvalue weighted by molar-refractivity contribution is 5.85. The molecular weight excluding hydrogens is 176 g/mol. The Balaban J connectivity index is 0.00000121. The smallest absolute Gasteiger partial charge is 0.255 e. The monoisotopic (exact) mass is 188 g/mol. The van der Waals surface area contributed by atoms with Crippen molar-refractivity contribution in [1.29, 1.82) is 0 Å². The van der Waals surface area contributed by atoms with Crippen molar-refractivity contribution < 1.29 is 0 Å². The number of rotatable bonds is 2. The zero-order chi connectivity index (χ0) is 8.27. The third kappa shape index (κ3) is 2.09. The van der Waals surface area contributed by atoms with Crippen LogP contribution in [-0.2, 0) is 13.1 Å². The maximum absolute atomic E-state index is 11.3. The zero-order valence-corrected chi connectivity index (χ0v) is 7.80. The first-order valence-electron chi connectivity index (χ1n) is 3.68. The first kappa shape index (κ1) is 11.2. The molecule has 0 bridgehead atoms. The molecule has 0 spiro atoms. The van der Waals surface area contributed by atoms with E-state index >= 15 is 0 Å². The van der Waals surface area contributed by atoms with Gasteiger partial charge < -0.3 is 10.3 Å². The second-order valence-corrected chi connectivity index (χ2v) is 2.33. The standard InChI is InChI=1S/C8H12N2O.ClH/c1-2-10-5-3-4-7(6-9)8(10)11;/h3-5H,2,6,9H2,1H3;1H. The predicted octanol–water partition coefficient (Wildman–Crippen LogP) is 0.749. The van der Waals surface area contributed by atoms with E-state index in [0.717, 1.165) is 0 Å². The summed E-state index contributed by atoms with van der Waals surface area (Å²) in [5.74, 6) is 0. The van der Waals surface area contributed by atoms with Gasteiger partial charge in [0.25, 0.3) is 5.56 Å². The average molecular weight is 189 g/mol. The molecule has 1 aromatic rings. The number of aromatic nitrogens is 1. The molecule has 3 nitrogen and oxygen atoms in total. The molecule has 0 unspecified atom stereocenters. The highest BCUT2D eigenvalue weighted by atomic mass is 35.5. The molecule has 0 radical (unpaired) electrons. The van der Waals surface area contributed by atoms with E-state index in [1.165, 1.54) is 0 Å². The van der Waals surface area contributed by atoms with Crippen molar-refractivity contribution in [3.8, 4) is 0 Å². The summed E-state index contributed by atoms with van der Waals surface area (Å²) in [6.45, 7) is 2.95. The molecule has 0 aliphatic heterocycles. The molecule has 1 rings (SSSR count). The SMILES string of the molecule is CCn1cccc(CN)c1=O.Cl. The molecule has 12 heavy (non-hydrogen) atoms. The van der Waals surface area contributed by atoms with E-state index < -0.39 is 0 Å². The quantitative estimate of drug-likeness (QED) is 0.745.